The quantitative estimate of drug-likeness (QED) is 0.260. The molecular formula is C27H30N4O6S. The highest BCUT2D eigenvalue weighted by atomic mass is 32.2. The zero-order valence-electron chi connectivity index (χ0n) is 22.3. The fourth-order valence-electron chi connectivity index (χ4n) is 3.66. The van der Waals surface area contributed by atoms with Crippen LogP contribution in [0.5, 0.6) is 5.75 Å². The van der Waals surface area contributed by atoms with Gasteiger partial charge in [0.05, 0.1) is 23.2 Å². The van der Waals surface area contributed by atoms with Crippen LogP contribution in [0, 0.1) is 18.3 Å². The third kappa shape index (κ3) is 5.98. The first kappa shape index (κ1) is 28.3. The molecule has 1 N–H and O–H groups in total. The molecule has 38 heavy (non-hydrogen) atoms. The summed E-state index contributed by atoms with van der Waals surface area (Å²) in [6.07, 6.45) is 0.547. The molecule has 0 saturated heterocycles. The summed E-state index contributed by atoms with van der Waals surface area (Å²) in [6, 6.07) is 12.3. The predicted octanol–water partition coefficient (Wildman–Crippen LogP) is 4.69. The number of aryl methyl sites for hydroxylation is 1. The average molecular weight is 539 g/mol. The molecule has 0 aliphatic heterocycles. The minimum Gasteiger partial charge on any atom is -0.495 e. The highest BCUT2D eigenvalue weighted by Crippen LogP contribution is 2.35. The summed E-state index contributed by atoms with van der Waals surface area (Å²) in [6.45, 7) is 6.94. The first-order valence-electron chi connectivity index (χ1n) is 11.6. The van der Waals surface area contributed by atoms with E-state index in [9.17, 15) is 23.3 Å². The summed E-state index contributed by atoms with van der Waals surface area (Å²) in [4.78, 5) is 27.4. The molecule has 0 aliphatic carbocycles. The van der Waals surface area contributed by atoms with Crippen LogP contribution in [0.2, 0.25) is 0 Å². The number of nitrogens with zero attached hydrogens (tertiary/aromatic N) is 3. The largest absolute Gasteiger partial charge is 0.495 e. The molecule has 2 aromatic carbocycles. The molecule has 0 spiro atoms. The number of benzene rings is 2. The van der Waals surface area contributed by atoms with Gasteiger partial charge in [0, 0.05) is 25.7 Å². The number of carbonyl (C=O) groups excluding carboxylic acids is 2. The molecule has 1 heterocycles. The van der Waals surface area contributed by atoms with E-state index < -0.39 is 27.5 Å². The highest BCUT2D eigenvalue weighted by Gasteiger charge is 2.29. The smallest absolute Gasteiger partial charge is 0.412 e. The Kier molecular flexibility index (Phi) is 7.88. The number of fused-ring (bicyclic) bond motifs is 1. The summed E-state index contributed by atoms with van der Waals surface area (Å²) in [5.74, 6) is -0.565. The molecule has 0 saturated carbocycles. The number of rotatable bonds is 7. The number of amides is 1. The Morgan fingerprint density at radius 3 is 2.26 bits per heavy atom. The van der Waals surface area contributed by atoms with E-state index in [2.05, 4.69) is 5.32 Å². The zero-order chi connectivity index (χ0) is 28.4. The Labute approximate surface area is 222 Å². The first-order chi connectivity index (χ1) is 17.7. The topological polar surface area (TPSA) is 131 Å². The standard InChI is InChI=1S/C27H30N4O6S/c1-17-8-10-20(11-9-17)38(34,35)31-22-14-21(29-26(33)37-27(2,3)4)24(36-7)13-18(22)12-23(31)25(32)19(15-28)16-30(5)6/h8-14,16H,1-7H3,(H,29,33). The number of carbonyl (C=O) groups is 2. The third-order valence-electron chi connectivity index (χ3n) is 5.26. The lowest BCUT2D eigenvalue weighted by molar-refractivity contribution is 0.0635. The van der Waals surface area contributed by atoms with Crippen molar-refractivity contribution in [1.82, 2.24) is 8.87 Å². The molecule has 0 atom stereocenters. The summed E-state index contributed by atoms with van der Waals surface area (Å²) < 4.78 is 39.4. The number of anilines is 1. The van der Waals surface area contributed by atoms with E-state index in [1.54, 1.807) is 47.0 Å². The van der Waals surface area contributed by atoms with Gasteiger partial charge in [0.2, 0.25) is 5.78 Å². The van der Waals surface area contributed by atoms with Gasteiger partial charge in [-0.3, -0.25) is 10.1 Å². The van der Waals surface area contributed by atoms with Gasteiger partial charge in [-0.1, -0.05) is 17.7 Å². The number of nitriles is 1. The van der Waals surface area contributed by atoms with Crippen LogP contribution in [-0.4, -0.2) is 56.0 Å². The fourth-order valence-corrected chi connectivity index (χ4v) is 5.16. The van der Waals surface area contributed by atoms with E-state index in [1.807, 2.05) is 13.0 Å². The van der Waals surface area contributed by atoms with Crippen LogP contribution in [0.25, 0.3) is 10.9 Å². The van der Waals surface area contributed by atoms with E-state index in [4.69, 9.17) is 9.47 Å². The third-order valence-corrected chi connectivity index (χ3v) is 7.00. The van der Waals surface area contributed by atoms with Crippen LogP contribution in [0.15, 0.2) is 59.1 Å². The van der Waals surface area contributed by atoms with E-state index in [0.29, 0.717) is 5.39 Å². The summed E-state index contributed by atoms with van der Waals surface area (Å²) in [5, 5.41) is 12.6. The number of nitrogens with one attached hydrogen (secondary N) is 1. The van der Waals surface area contributed by atoms with Gasteiger partial charge in [-0.15, -0.1) is 0 Å². The Morgan fingerprint density at radius 1 is 1.11 bits per heavy atom. The second-order valence-electron chi connectivity index (χ2n) is 9.80. The highest BCUT2D eigenvalue weighted by molar-refractivity contribution is 7.90. The van der Waals surface area contributed by atoms with Gasteiger partial charge in [0.1, 0.15) is 28.7 Å². The van der Waals surface area contributed by atoms with Crippen molar-refractivity contribution < 1.29 is 27.5 Å². The van der Waals surface area contributed by atoms with Gasteiger partial charge < -0.3 is 14.4 Å². The Bertz CT molecular complexity index is 1570. The second-order valence-corrected chi connectivity index (χ2v) is 11.6. The minimum atomic E-state index is -4.32. The fraction of sp³-hybridized carbons (Fsp3) is 0.296. The molecule has 0 aliphatic rings. The normalized spacial score (nSPS) is 12.1. The van der Waals surface area contributed by atoms with Crippen molar-refractivity contribution in [1.29, 1.82) is 5.26 Å². The number of ether oxygens (including phenoxy) is 2. The Balaban J connectivity index is 2.34. The second kappa shape index (κ2) is 10.6. The molecule has 200 valence electrons. The maximum absolute atomic E-state index is 13.9. The maximum atomic E-state index is 13.9. The first-order valence-corrected chi connectivity index (χ1v) is 13.0. The van der Waals surface area contributed by atoms with Gasteiger partial charge in [-0.25, -0.2) is 17.2 Å². The van der Waals surface area contributed by atoms with E-state index in [-0.39, 0.29) is 33.1 Å². The van der Waals surface area contributed by atoms with Gasteiger partial charge in [0.25, 0.3) is 10.0 Å². The SMILES string of the molecule is COc1cc2cc(C(=O)C(C#N)=CN(C)C)n(S(=O)(=O)c3ccc(C)cc3)c2cc1NC(=O)OC(C)(C)C. The molecule has 0 bridgehead atoms. The van der Waals surface area contributed by atoms with Crippen molar-refractivity contribution >= 4 is 38.5 Å². The van der Waals surface area contributed by atoms with Gasteiger partial charge in [-0.05, 0) is 58.0 Å². The minimum absolute atomic E-state index is 0.0535. The van der Waals surface area contributed by atoms with Crippen molar-refractivity contribution in [2.45, 2.75) is 38.2 Å². The van der Waals surface area contributed by atoms with Gasteiger partial charge >= 0.3 is 6.09 Å². The molecule has 1 aromatic heterocycles. The van der Waals surface area contributed by atoms with Crippen molar-refractivity contribution in [3.8, 4) is 11.8 Å². The van der Waals surface area contributed by atoms with Crippen LogP contribution >= 0.6 is 0 Å². The van der Waals surface area contributed by atoms with Crippen LogP contribution < -0.4 is 10.1 Å². The zero-order valence-corrected chi connectivity index (χ0v) is 23.1. The van der Waals surface area contributed by atoms with Crippen LogP contribution in [0.1, 0.15) is 36.8 Å². The lowest BCUT2D eigenvalue weighted by Crippen LogP contribution is -2.27. The van der Waals surface area contributed by atoms with Crippen molar-refractivity contribution in [3.63, 3.8) is 0 Å². The van der Waals surface area contributed by atoms with Crippen LogP contribution in [0.3, 0.4) is 0 Å². The molecule has 3 rings (SSSR count). The van der Waals surface area contributed by atoms with E-state index >= 15 is 0 Å². The monoisotopic (exact) mass is 538 g/mol. The Hall–Kier alpha value is -4.30. The lowest BCUT2D eigenvalue weighted by Gasteiger charge is -2.20. The summed E-state index contributed by atoms with van der Waals surface area (Å²) >= 11 is 0. The molecule has 0 radical (unpaired) electrons. The van der Waals surface area contributed by atoms with Crippen LogP contribution in [0.4, 0.5) is 10.5 Å². The van der Waals surface area contributed by atoms with Crippen LogP contribution in [-0.2, 0) is 14.8 Å². The van der Waals surface area contributed by atoms with E-state index in [0.717, 1.165) is 9.54 Å². The number of hydrogen-bond donors (Lipinski definition) is 1. The van der Waals surface area contributed by atoms with Gasteiger partial charge in [0.15, 0.2) is 0 Å². The predicted molar refractivity (Wildman–Crippen MR) is 144 cm³/mol. The van der Waals surface area contributed by atoms with Crippen molar-refractivity contribution in [3.05, 3.63) is 65.5 Å². The number of methoxy groups -OCH3 is 1. The molecule has 11 heteroatoms. The maximum Gasteiger partial charge on any atom is 0.412 e. The van der Waals surface area contributed by atoms with Crippen molar-refractivity contribution in [2.24, 2.45) is 0 Å². The molecule has 3 aromatic rings. The number of allylic oxidation sites excluding steroid dienone is 1. The molecule has 10 nitrogen and oxygen atoms in total. The average Bonchev–Trinajstić information content (AvgIpc) is 3.19. The molecule has 0 unspecified atom stereocenters. The Morgan fingerprint density at radius 2 is 1.74 bits per heavy atom. The molecular weight excluding hydrogens is 508 g/mol. The van der Waals surface area contributed by atoms with E-state index in [1.165, 1.54) is 48.5 Å². The molecule has 0 fully saturated rings. The number of ketones is 1. The summed E-state index contributed by atoms with van der Waals surface area (Å²) in [5.41, 5.74) is -0.183. The van der Waals surface area contributed by atoms with Gasteiger partial charge in [-0.2, -0.15) is 5.26 Å². The number of hydrogen-bond acceptors (Lipinski definition) is 8. The number of aromatic nitrogens is 1. The summed E-state index contributed by atoms with van der Waals surface area (Å²) in [7, 11) is 0.355. The molecule has 1 amide bonds. The number of Topliss-reactive ketones (excluding diaryl/α,β-unsaturated/α-hetero) is 1. The lowest BCUT2D eigenvalue weighted by atomic mass is 10.1. The van der Waals surface area contributed by atoms with Crippen molar-refractivity contribution in [2.75, 3.05) is 26.5 Å².